The second kappa shape index (κ2) is 6.64. The number of hydrogen-bond acceptors (Lipinski definition) is 2. The predicted octanol–water partition coefficient (Wildman–Crippen LogP) is 3.39. The summed E-state index contributed by atoms with van der Waals surface area (Å²) < 4.78 is 26.9. The van der Waals surface area contributed by atoms with Gasteiger partial charge in [-0.15, -0.1) is 0 Å². The summed E-state index contributed by atoms with van der Waals surface area (Å²) in [5.74, 6) is -0.377. The third-order valence-corrected chi connectivity index (χ3v) is 4.43. The van der Waals surface area contributed by atoms with E-state index in [1.165, 1.54) is 18.2 Å². The number of rotatable bonds is 5. The Hall–Kier alpha value is -1.00. The highest BCUT2D eigenvalue weighted by molar-refractivity contribution is 5.19. The maximum absolute atomic E-state index is 13.5. The van der Waals surface area contributed by atoms with E-state index in [0.717, 1.165) is 32.1 Å². The fraction of sp³-hybridized carbons (Fsp3) is 0.625. The minimum atomic E-state index is -0.729. The highest BCUT2D eigenvalue weighted by Gasteiger charge is 2.32. The van der Waals surface area contributed by atoms with Crippen LogP contribution in [-0.2, 0) is 6.54 Å². The fourth-order valence-electron chi connectivity index (χ4n) is 2.92. The van der Waals surface area contributed by atoms with Crippen LogP contribution >= 0.6 is 0 Å². The lowest BCUT2D eigenvalue weighted by molar-refractivity contribution is -0.00891. The molecule has 2 nitrogen and oxygen atoms in total. The first-order chi connectivity index (χ1) is 9.54. The van der Waals surface area contributed by atoms with Crippen LogP contribution < -0.4 is 5.32 Å². The molecule has 0 spiro atoms. The Bertz CT molecular complexity index is 422. The van der Waals surface area contributed by atoms with E-state index in [2.05, 4.69) is 12.2 Å². The maximum Gasteiger partial charge on any atom is 0.130 e. The molecular weight excluding hydrogens is 260 g/mol. The van der Waals surface area contributed by atoms with Crippen molar-refractivity contribution in [2.45, 2.75) is 51.2 Å². The SMILES string of the molecule is CCC1CCC(O)(CNCc2c(F)cccc2F)CC1. The van der Waals surface area contributed by atoms with Crippen LogP contribution in [0.4, 0.5) is 8.78 Å². The predicted molar refractivity (Wildman–Crippen MR) is 75.3 cm³/mol. The molecule has 1 aromatic rings. The summed E-state index contributed by atoms with van der Waals surface area (Å²) in [5.41, 5.74) is -0.689. The minimum absolute atomic E-state index is 0.0401. The molecule has 0 bridgehead atoms. The molecule has 2 N–H and O–H groups in total. The molecule has 1 saturated carbocycles. The van der Waals surface area contributed by atoms with Gasteiger partial charge in [-0.3, -0.25) is 0 Å². The summed E-state index contributed by atoms with van der Waals surface area (Å²) in [5, 5.41) is 13.4. The molecule has 0 atom stereocenters. The Morgan fingerprint density at radius 2 is 1.85 bits per heavy atom. The van der Waals surface area contributed by atoms with Gasteiger partial charge in [-0.2, -0.15) is 0 Å². The molecule has 0 unspecified atom stereocenters. The molecule has 1 aromatic carbocycles. The van der Waals surface area contributed by atoms with Crippen molar-refractivity contribution in [1.29, 1.82) is 0 Å². The summed E-state index contributed by atoms with van der Waals surface area (Å²) in [6, 6.07) is 3.86. The van der Waals surface area contributed by atoms with E-state index in [1.54, 1.807) is 0 Å². The summed E-state index contributed by atoms with van der Waals surface area (Å²) in [6.07, 6.45) is 4.74. The van der Waals surface area contributed by atoms with Crippen molar-refractivity contribution in [2.75, 3.05) is 6.54 Å². The first-order valence-corrected chi connectivity index (χ1v) is 7.40. The number of benzene rings is 1. The molecule has 1 fully saturated rings. The summed E-state index contributed by atoms with van der Waals surface area (Å²) in [6.45, 7) is 2.67. The Balaban J connectivity index is 1.84. The molecule has 20 heavy (non-hydrogen) atoms. The highest BCUT2D eigenvalue weighted by Crippen LogP contribution is 2.33. The van der Waals surface area contributed by atoms with Gasteiger partial charge >= 0.3 is 0 Å². The molecule has 0 amide bonds. The van der Waals surface area contributed by atoms with E-state index in [4.69, 9.17) is 0 Å². The number of hydrogen-bond donors (Lipinski definition) is 2. The molecule has 0 aromatic heterocycles. The van der Waals surface area contributed by atoms with Gasteiger partial charge in [0, 0.05) is 18.7 Å². The fourth-order valence-corrected chi connectivity index (χ4v) is 2.92. The van der Waals surface area contributed by atoms with Crippen molar-refractivity contribution < 1.29 is 13.9 Å². The minimum Gasteiger partial charge on any atom is -0.389 e. The molecule has 0 aliphatic heterocycles. The van der Waals surface area contributed by atoms with Gasteiger partial charge in [0.2, 0.25) is 0 Å². The topological polar surface area (TPSA) is 32.3 Å². The first kappa shape index (κ1) is 15.4. The van der Waals surface area contributed by atoms with E-state index in [0.29, 0.717) is 12.5 Å². The van der Waals surface area contributed by atoms with Gasteiger partial charge in [0.25, 0.3) is 0 Å². The lowest BCUT2D eigenvalue weighted by Crippen LogP contribution is -2.43. The molecule has 0 saturated heterocycles. The third kappa shape index (κ3) is 3.76. The van der Waals surface area contributed by atoms with E-state index >= 15 is 0 Å². The highest BCUT2D eigenvalue weighted by atomic mass is 19.1. The Labute approximate surface area is 119 Å². The van der Waals surface area contributed by atoms with Crippen molar-refractivity contribution in [3.05, 3.63) is 35.4 Å². The second-order valence-electron chi connectivity index (χ2n) is 5.88. The molecule has 1 aliphatic carbocycles. The van der Waals surface area contributed by atoms with Crippen LogP contribution in [-0.4, -0.2) is 17.3 Å². The van der Waals surface area contributed by atoms with E-state index in [9.17, 15) is 13.9 Å². The van der Waals surface area contributed by atoms with Crippen molar-refractivity contribution in [3.63, 3.8) is 0 Å². The number of nitrogens with one attached hydrogen (secondary N) is 1. The Morgan fingerprint density at radius 3 is 2.40 bits per heavy atom. The zero-order chi connectivity index (χ0) is 14.6. The molecule has 2 rings (SSSR count). The van der Waals surface area contributed by atoms with Crippen LogP contribution in [0.15, 0.2) is 18.2 Å². The monoisotopic (exact) mass is 283 g/mol. The smallest absolute Gasteiger partial charge is 0.130 e. The standard InChI is InChI=1S/C16H23F2NO/c1-2-12-6-8-16(20,9-7-12)11-19-10-13-14(17)4-3-5-15(13)18/h3-5,12,19-20H,2,6-11H2,1H3. The van der Waals surface area contributed by atoms with Crippen LogP contribution in [0.1, 0.15) is 44.6 Å². The second-order valence-corrected chi connectivity index (χ2v) is 5.88. The zero-order valence-corrected chi connectivity index (χ0v) is 12.0. The van der Waals surface area contributed by atoms with Gasteiger partial charge in [0.05, 0.1) is 5.60 Å². The molecule has 0 heterocycles. The van der Waals surface area contributed by atoms with Gasteiger partial charge in [-0.05, 0) is 43.7 Å². The maximum atomic E-state index is 13.5. The van der Waals surface area contributed by atoms with Crippen molar-refractivity contribution >= 4 is 0 Å². The summed E-state index contributed by atoms with van der Waals surface area (Å²) in [7, 11) is 0. The van der Waals surface area contributed by atoms with Crippen molar-refractivity contribution in [1.82, 2.24) is 5.32 Å². The number of halogens is 2. The summed E-state index contributed by atoms with van der Waals surface area (Å²) >= 11 is 0. The average Bonchev–Trinajstić information content (AvgIpc) is 2.43. The van der Waals surface area contributed by atoms with E-state index in [1.807, 2.05) is 0 Å². The Kier molecular flexibility index (Phi) is 5.11. The normalized spacial score (nSPS) is 26.7. The molecule has 0 radical (unpaired) electrons. The van der Waals surface area contributed by atoms with Crippen molar-refractivity contribution in [2.24, 2.45) is 5.92 Å². The zero-order valence-electron chi connectivity index (χ0n) is 12.0. The third-order valence-electron chi connectivity index (χ3n) is 4.43. The van der Waals surface area contributed by atoms with Gasteiger partial charge in [-0.25, -0.2) is 8.78 Å². The molecule has 1 aliphatic rings. The lowest BCUT2D eigenvalue weighted by atomic mass is 9.78. The number of aliphatic hydroxyl groups is 1. The van der Waals surface area contributed by atoms with Crippen LogP contribution in [0.2, 0.25) is 0 Å². The van der Waals surface area contributed by atoms with Crippen LogP contribution in [0.5, 0.6) is 0 Å². The molecule has 112 valence electrons. The largest absolute Gasteiger partial charge is 0.389 e. The van der Waals surface area contributed by atoms with Crippen LogP contribution in [0.3, 0.4) is 0 Å². The summed E-state index contributed by atoms with van der Waals surface area (Å²) in [4.78, 5) is 0. The average molecular weight is 283 g/mol. The quantitative estimate of drug-likeness (QED) is 0.868. The van der Waals surface area contributed by atoms with Crippen LogP contribution in [0, 0.1) is 17.6 Å². The first-order valence-electron chi connectivity index (χ1n) is 7.40. The van der Waals surface area contributed by atoms with Gasteiger partial charge in [-0.1, -0.05) is 19.4 Å². The van der Waals surface area contributed by atoms with Gasteiger partial charge < -0.3 is 10.4 Å². The molecular formula is C16H23F2NO. The van der Waals surface area contributed by atoms with Crippen molar-refractivity contribution in [3.8, 4) is 0 Å². The van der Waals surface area contributed by atoms with Gasteiger partial charge in [0.15, 0.2) is 0 Å². The van der Waals surface area contributed by atoms with Crippen LogP contribution in [0.25, 0.3) is 0 Å². The molecule has 4 heteroatoms. The van der Waals surface area contributed by atoms with E-state index in [-0.39, 0.29) is 12.1 Å². The van der Waals surface area contributed by atoms with Gasteiger partial charge in [0.1, 0.15) is 11.6 Å². The Morgan fingerprint density at radius 1 is 1.25 bits per heavy atom. The lowest BCUT2D eigenvalue weighted by Gasteiger charge is -2.36. The van der Waals surface area contributed by atoms with E-state index < -0.39 is 17.2 Å².